The summed E-state index contributed by atoms with van der Waals surface area (Å²) in [6.45, 7) is 11.4. The van der Waals surface area contributed by atoms with Gasteiger partial charge in [-0.25, -0.2) is 8.51 Å². The van der Waals surface area contributed by atoms with Gasteiger partial charge >= 0.3 is 6.18 Å². The predicted molar refractivity (Wildman–Crippen MR) is 125 cm³/mol. The van der Waals surface area contributed by atoms with Crippen molar-refractivity contribution in [3.63, 3.8) is 0 Å². The molecule has 1 aliphatic heterocycles. The molecule has 0 bridgehead atoms. The number of nitrogens with one attached hydrogen (secondary N) is 2. The van der Waals surface area contributed by atoms with Crippen molar-refractivity contribution in [3.8, 4) is 0 Å². The molecule has 0 saturated carbocycles. The summed E-state index contributed by atoms with van der Waals surface area (Å²) in [4.78, 5) is 13.0. The number of aromatic nitrogens is 1. The second-order valence-electron chi connectivity index (χ2n) is 9.17. The highest BCUT2D eigenvalue weighted by atomic mass is 32.2. The molecule has 0 aliphatic carbocycles. The molecule has 3 rings (SSSR count). The monoisotopic (exact) mass is 484 g/mol. The number of rotatable bonds is 6. The van der Waals surface area contributed by atoms with E-state index in [0.29, 0.717) is 23.6 Å². The molecule has 1 atom stereocenters. The van der Waals surface area contributed by atoms with Crippen LogP contribution in [0.1, 0.15) is 48.1 Å². The van der Waals surface area contributed by atoms with Crippen molar-refractivity contribution >= 4 is 22.6 Å². The average molecular weight is 485 g/mol. The van der Waals surface area contributed by atoms with Gasteiger partial charge in [0.15, 0.2) is 0 Å². The number of anilines is 1. The first-order chi connectivity index (χ1) is 15.4. The van der Waals surface area contributed by atoms with Gasteiger partial charge in [-0.2, -0.15) is 13.2 Å². The predicted octanol–water partition coefficient (Wildman–Crippen LogP) is 3.93. The molecule has 1 amide bonds. The van der Waals surface area contributed by atoms with E-state index in [2.05, 4.69) is 10.6 Å². The molecule has 1 aromatic heterocycles. The highest BCUT2D eigenvalue weighted by Gasteiger charge is 2.31. The van der Waals surface area contributed by atoms with Crippen LogP contribution < -0.4 is 10.6 Å². The lowest BCUT2D eigenvalue weighted by atomic mass is 9.92. The molecule has 2 heterocycles. The lowest BCUT2D eigenvalue weighted by Gasteiger charge is -2.27. The number of piperazine rings is 1. The van der Waals surface area contributed by atoms with Crippen molar-refractivity contribution in [2.24, 2.45) is 0 Å². The Labute approximate surface area is 195 Å². The summed E-state index contributed by atoms with van der Waals surface area (Å²) in [6, 6.07) is 6.37. The normalized spacial score (nSPS) is 16.6. The SMILES string of the molecule is Cc1c(C(=O)Nc2cccc(C(F)(F)F)c2)cc(C(C)(C)C)n1CCS(=O)N1CCNCC1. The number of alkyl halides is 3. The van der Waals surface area contributed by atoms with Crippen LogP contribution in [0.4, 0.5) is 18.9 Å². The summed E-state index contributed by atoms with van der Waals surface area (Å²) < 4.78 is 55.8. The molecular weight excluding hydrogens is 453 g/mol. The maximum absolute atomic E-state index is 13.0. The van der Waals surface area contributed by atoms with Crippen LogP contribution in [0.3, 0.4) is 0 Å². The van der Waals surface area contributed by atoms with Gasteiger partial charge < -0.3 is 15.2 Å². The maximum atomic E-state index is 13.0. The van der Waals surface area contributed by atoms with E-state index in [4.69, 9.17) is 0 Å². The minimum absolute atomic E-state index is 0.0825. The smallest absolute Gasteiger partial charge is 0.347 e. The minimum atomic E-state index is -4.49. The number of nitrogens with zero attached hydrogens (tertiary/aromatic N) is 2. The van der Waals surface area contributed by atoms with E-state index in [0.717, 1.165) is 44.0 Å². The van der Waals surface area contributed by atoms with Gasteiger partial charge in [0.2, 0.25) is 0 Å². The molecule has 1 aliphatic rings. The Bertz CT molecular complexity index is 1020. The Morgan fingerprint density at radius 3 is 2.42 bits per heavy atom. The Hall–Kier alpha value is -2.17. The molecule has 1 unspecified atom stereocenters. The van der Waals surface area contributed by atoms with E-state index in [-0.39, 0.29) is 11.1 Å². The molecule has 1 saturated heterocycles. The summed E-state index contributed by atoms with van der Waals surface area (Å²) in [5.74, 6) is -0.0490. The van der Waals surface area contributed by atoms with E-state index in [9.17, 15) is 22.2 Å². The van der Waals surface area contributed by atoms with Gasteiger partial charge in [0.1, 0.15) is 0 Å². The lowest BCUT2D eigenvalue weighted by Crippen LogP contribution is -2.45. The van der Waals surface area contributed by atoms with Gasteiger partial charge in [-0.1, -0.05) is 26.8 Å². The number of amides is 1. The molecular formula is C23H31F3N4O2S. The summed E-state index contributed by atoms with van der Waals surface area (Å²) in [7, 11) is -1.13. The minimum Gasteiger partial charge on any atom is -0.347 e. The molecule has 6 nitrogen and oxygen atoms in total. The largest absolute Gasteiger partial charge is 0.416 e. The third-order valence-electron chi connectivity index (χ3n) is 5.68. The Morgan fingerprint density at radius 2 is 1.82 bits per heavy atom. The number of benzene rings is 1. The third-order valence-corrected chi connectivity index (χ3v) is 7.15. The van der Waals surface area contributed by atoms with Gasteiger partial charge in [-0.15, -0.1) is 0 Å². The van der Waals surface area contributed by atoms with Crippen LogP contribution in [0.25, 0.3) is 0 Å². The van der Waals surface area contributed by atoms with E-state index in [1.807, 2.05) is 36.6 Å². The Balaban J connectivity index is 1.82. The second-order valence-corrected chi connectivity index (χ2v) is 10.7. The second kappa shape index (κ2) is 9.99. The zero-order chi connectivity index (χ0) is 24.4. The molecule has 182 valence electrons. The number of hydrogen-bond acceptors (Lipinski definition) is 3. The molecule has 0 spiro atoms. The first kappa shape index (κ1) is 25.5. The summed E-state index contributed by atoms with van der Waals surface area (Å²) in [6.07, 6.45) is -4.49. The van der Waals surface area contributed by atoms with Crippen molar-refractivity contribution in [2.45, 2.75) is 45.8 Å². The van der Waals surface area contributed by atoms with E-state index < -0.39 is 28.6 Å². The van der Waals surface area contributed by atoms with Crippen molar-refractivity contribution in [1.82, 2.24) is 14.2 Å². The third kappa shape index (κ3) is 6.24. The number of halogens is 3. The van der Waals surface area contributed by atoms with Gasteiger partial charge in [-0.05, 0) is 31.2 Å². The van der Waals surface area contributed by atoms with Crippen LogP contribution in [0.15, 0.2) is 30.3 Å². The summed E-state index contributed by atoms with van der Waals surface area (Å²) in [5.41, 5.74) is 0.980. The topological polar surface area (TPSA) is 66.4 Å². The van der Waals surface area contributed by atoms with Gasteiger partial charge in [0, 0.05) is 55.2 Å². The van der Waals surface area contributed by atoms with Gasteiger partial charge in [-0.3, -0.25) is 4.79 Å². The Kier molecular flexibility index (Phi) is 7.70. The van der Waals surface area contributed by atoms with Crippen molar-refractivity contribution < 1.29 is 22.2 Å². The van der Waals surface area contributed by atoms with Crippen LogP contribution in [0.5, 0.6) is 0 Å². The van der Waals surface area contributed by atoms with Gasteiger partial charge in [0.05, 0.1) is 27.9 Å². The fourth-order valence-corrected chi connectivity index (χ4v) is 5.09. The molecule has 1 aromatic carbocycles. The quantitative estimate of drug-likeness (QED) is 0.653. The standard InChI is InChI=1S/C23H31F3N4O2S/c1-16-19(21(31)28-18-7-5-6-17(14-18)23(24,25)26)15-20(22(2,3)4)30(16)12-13-33(32)29-10-8-27-9-11-29/h5-7,14-15,27H,8-13H2,1-4H3,(H,28,31). The number of hydrogen-bond donors (Lipinski definition) is 2. The summed E-state index contributed by atoms with van der Waals surface area (Å²) in [5, 5.41) is 5.83. The van der Waals surface area contributed by atoms with E-state index >= 15 is 0 Å². The van der Waals surface area contributed by atoms with E-state index in [1.54, 1.807) is 6.07 Å². The van der Waals surface area contributed by atoms with Crippen molar-refractivity contribution in [1.29, 1.82) is 0 Å². The fourth-order valence-electron chi connectivity index (χ4n) is 3.90. The van der Waals surface area contributed by atoms with Crippen LogP contribution >= 0.6 is 0 Å². The van der Waals surface area contributed by atoms with Crippen LogP contribution in [0.2, 0.25) is 0 Å². The van der Waals surface area contributed by atoms with Crippen LogP contribution in [-0.2, 0) is 29.1 Å². The molecule has 33 heavy (non-hydrogen) atoms. The molecule has 0 radical (unpaired) electrons. The highest BCUT2D eigenvalue weighted by molar-refractivity contribution is 7.82. The van der Waals surface area contributed by atoms with Crippen LogP contribution in [0, 0.1) is 6.92 Å². The maximum Gasteiger partial charge on any atom is 0.416 e. The molecule has 10 heteroatoms. The van der Waals surface area contributed by atoms with Crippen molar-refractivity contribution in [2.75, 3.05) is 37.2 Å². The average Bonchev–Trinajstić information content (AvgIpc) is 3.09. The first-order valence-electron chi connectivity index (χ1n) is 10.9. The Morgan fingerprint density at radius 1 is 1.15 bits per heavy atom. The zero-order valence-electron chi connectivity index (χ0n) is 19.4. The highest BCUT2D eigenvalue weighted by Crippen LogP contribution is 2.31. The fraction of sp³-hybridized carbons (Fsp3) is 0.522. The number of carbonyl (C=O) groups excluding carboxylic acids is 1. The van der Waals surface area contributed by atoms with Crippen LogP contribution in [-0.4, -0.2) is 50.9 Å². The molecule has 1 fully saturated rings. The molecule has 2 aromatic rings. The first-order valence-corrected chi connectivity index (χ1v) is 12.2. The summed E-state index contributed by atoms with van der Waals surface area (Å²) >= 11 is 0. The zero-order valence-corrected chi connectivity index (χ0v) is 20.2. The molecule has 2 N–H and O–H groups in total. The van der Waals surface area contributed by atoms with E-state index in [1.165, 1.54) is 12.1 Å². The van der Waals surface area contributed by atoms with Crippen molar-refractivity contribution in [3.05, 3.63) is 52.8 Å². The number of carbonyl (C=O) groups is 1. The van der Waals surface area contributed by atoms with Gasteiger partial charge in [0.25, 0.3) is 5.91 Å². The lowest BCUT2D eigenvalue weighted by molar-refractivity contribution is -0.137.